The largest absolute Gasteiger partial charge is 0.480 e. The highest BCUT2D eigenvalue weighted by Crippen LogP contribution is 2.31. The molecular formula is C12H13NO2. The van der Waals surface area contributed by atoms with Gasteiger partial charge in [-0.3, -0.25) is 4.99 Å². The Morgan fingerprint density at radius 2 is 2.07 bits per heavy atom. The van der Waals surface area contributed by atoms with Crippen LogP contribution in [-0.2, 0) is 4.79 Å². The van der Waals surface area contributed by atoms with E-state index in [9.17, 15) is 4.79 Å². The van der Waals surface area contributed by atoms with Gasteiger partial charge in [-0.2, -0.15) is 0 Å². The Labute approximate surface area is 88.5 Å². The Balaban J connectivity index is 2.28. The van der Waals surface area contributed by atoms with Crippen LogP contribution in [0.5, 0.6) is 0 Å². The molecule has 1 aromatic rings. The molecule has 78 valence electrons. The van der Waals surface area contributed by atoms with Crippen molar-refractivity contribution < 1.29 is 9.90 Å². The minimum Gasteiger partial charge on any atom is -0.480 e. The highest BCUT2D eigenvalue weighted by atomic mass is 16.4. The number of benzene rings is 1. The molecule has 0 saturated carbocycles. The quantitative estimate of drug-likeness (QED) is 0.800. The van der Waals surface area contributed by atoms with E-state index in [0.29, 0.717) is 0 Å². The van der Waals surface area contributed by atoms with Gasteiger partial charge in [0.2, 0.25) is 0 Å². The van der Waals surface area contributed by atoms with E-state index in [0.717, 1.165) is 17.7 Å². The number of nitrogens with zero attached hydrogens (tertiary/aromatic N) is 1. The van der Waals surface area contributed by atoms with Crippen LogP contribution in [0.25, 0.3) is 0 Å². The maximum Gasteiger partial charge on any atom is 0.329 e. The summed E-state index contributed by atoms with van der Waals surface area (Å²) in [6.07, 6.45) is 0.751. The van der Waals surface area contributed by atoms with Gasteiger partial charge in [-0.15, -0.1) is 0 Å². The van der Waals surface area contributed by atoms with E-state index in [1.165, 1.54) is 0 Å². The summed E-state index contributed by atoms with van der Waals surface area (Å²) in [5.74, 6) is -0.829. The summed E-state index contributed by atoms with van der Waals surface area (Å²) in [4.78, 5) is 15.2. The molecule has 0 saturated heterocycles. The Bertz CT molecular complexity index is 397. The van der Waals surface area contributed by atoms with Crippen molar-refractivity contribution in [1.82, 2.24) is 0 Å². The lowest BCUT2D eigenvalue weighted by atomic mass is 9.90. The molecule has 0 aromatic heterocycles. The fraction of sp³-hybridized carbons (Fsp3) is 0.333. The van der Waals surface area contributed by atoms with Crippen molar-refractivity contribution >= 4 is 11.7 Å². The summed E-state index contributed by atoms with van der Waals surface area (Å²) in [6.45, 7) is 1.89. The molecule has 1 aliphatic rings. The van der Waals surface area contributed by atoms with Gasteiger partial charge >= 0.3 is 5.97 Å². The molecule has 1 N–H and O–H groups in total. The van der Waals surface area contributed by atoms with Gasteiger partial charge in [0.1, 0.15) is 0 Å². The Morgan fingerprint density at radius 3 is 2.67 bits per heavy atom. The fourth-order valence-corrected chi connectivity index (χ4v) is 2.04. The number of aliphatic carboxylic acids is 1. The van der Waals surface area contributed by atoms with E-state index in [-0.39, 0.29) is 5.92 Å². The predicted octanol–water partition coefficient (Wildman–Crippen LogP) is 2.09. The molecule has 0 fully saturated rings. The van der Waals surface area contributed by atoms with E-state index in [4.69, 9.17) is 5.11 Å². The molecule has 2 rings (SSSR count). The third-order valence-corrected chi connectivity index (χ3v) is 2.74. The Morgan fingerprint density at radius 1 is 1.40 bits per heavy atom. The fourth-order valence-electron chi connectivity index (χ4n) is 2.04. The normalized spacial score (nSPS) is 25.0. The van der Waals surface area contributed by atoms with Crippen LogP contribution in [-0.4, -0.2) is 22.8 Å². The maximum atomic E-state index is 11.0. The highest BCUT2D eigenvalue weighted by Gasteiger charge is 2.33. The molecule has 1 aliphatic heterocycles. The summed E-state index contributed by atoms with van der Waals surface area (Å²) in [5, 5.41) is 9.06. The molecule has 1 heterocycles. The van der Waals surface area contributed by atoms with Crippen molar-refractivity contribution in [3.63, 3.8) is 0 Å². The number of hydrogen-bond acceptors (Lipinski definition) is 2. The summed E-state index contributed by atoms with van der Waals surface area (Å²) in [5.41, 5.74) is 1.99. The summed E-state index contributed by atoms with van der Waals surface area (Å²) in [7, 11) is 0. The first-order chi connectivity index (χ1) is 7.18. The van der Waals surface area contributed by atoms with Crippen molar-refractivity contribution in [1.29, 1.82) is 0 Å². The van der Waals surface area contributed by atoms with E-state index < -0.39 is 12.0 Å². The average Bonchev–Trinajstić information content (AvgIpc) is 2.62. The van der Waals surface area contributed by atoms with Crippen molar-refractivity contribution in [2.75, 3.05) is 0 Å². The molecule has 3 nitrogen and oxygen atoms in total. The van der Waals surface area contributed by atoms with Gasteiger partial charge in [0.15, 0.2) is 6.04 Å². The first kappa shape index (κ1) is 9.90. The first-order valence-electron chi connectivity index (χ1n) is 4.99. The minimum absolute atomic E-state index is 0.00343. The minimum atomic E-state index is -0.833. The number of carboxylic acids is 1. The Kier molecular flexibility index (Phi) is 2.54. The third kappa shape index (κ3) is 1.91. The second kappa shape index (κ2) is 3.85. The van der Waals surface area contributed by atoms with Crippen LogP contribution >= 0.6 is 0 Å². The van der Waals surface area contributed by atoms with Gasteiger partial charge in [-0.05, 0) is 18.9 Å². The van der Waals surface area contributed by atoms with E-state index in [1.807, 2.05) is 37.3 Å². The van der Waals surface area contributed by atoms with Crippen LogP contribution in [0, 0.1) is 0 Å². The number of aliphatic imine (C=N–C) groups is 1. The van der Waals surface area contributed by atoms with Gasteiger partial charge < -0.3 is 5.11 Å². The summed E-state index contributed by atoms with van der Waals surface area (Å²) < 4.78 is 0. The summed E-state index contributed by atoms with van der Waals surface area (Å²) >= 11 is 0. The van der Waals surface area contributed by atoms with Crippen LogP contribution in [0.2, 0.25) is 0 Å². The number of rotatable bonds is 2. The van der Waals surface area contributed by atoms with Gasteiger partial charge in [0.25, 0.3) is 0 Å². The smallest absolute Gasteiger partial charge is 0.329 e. The SMILES string of the molecule is CC1=N[C@H](C(=O)O)[C@@H](c2ccccc2)C1. The van der Waals surface area contributed by atoms with Crippen molar-refractivity contribution in [2.45, 2.75) is 25.3 Å². The zero-order valence-corrected chi connectivity index (χ0v) is 8.55. The Hall–Kier alpha value is -1.64. The van der Waals surface area contributed by atoms with Crippen LogP contribution in [0.1, 0.15) is 24.8 Å². The highest BCUT2D eigenvalue weighted by molar-refractivity contribution is 5.90. The second-order valence-electron chi connectivity index (χ2n) is 3.87. The average molecular weight is 203 g/mol. The monoisotopic (exact) mass is 203 g/mol. The predicted molar refractivity (Wildman–Crippen MR) is 58.3 cm³/mol. The van der Waals surface area contributed by atoms with E-state index in [2.05, 4.69) is 4.99 Å². The van der Waals surface area contributed by atoms with Gasteiger partial charge in [-0.1, -0.05) is 30.3 Å². The van der Waals surface area contributed by atoms with E-state index >= 15 is 0 Å². The van der Waals surface area contributed by atoms with Crippen LogP contribution in [0.4, 0.5) is 0 Å². The zero-order valence-electron chi connectivity index (χ0n) is 8.55. The molecule has 0 spiro atoms. The molecule has 15 heavy (non-hydrogen) atoms. The molecule has 0 aliphatic carbocycles. The van der Waals surface area contributed by atoms with Crippen LogP contribution < -0.4 is 0 Å². The molecule has 0 bridgehead atoms. The standard InChI is InChI=1S/C12H13NO2/c1-8-7-10(11(13-8)12(14)15)9-5-3-2-4-6-9/h2-6,10-11H,7H2,1H3,(H,14,15)/t10-,11+/m1/s1. The number of hydrogen-bond donors (Lipinski definition) is 1. The third-order valence-electron chi connectivity index (χ3n) is 2.74. The van der Waals surface area contributed by atoms with Gasteiger partial charge in [0.05, 0.1) is 0 Å². The van der Waals surface area contributed by atoms with Gasteiger partial charge in [0, 0.05) is 11.6 Å². The molecule has 0 unspecified atom stereocenters. The van der Waals surface area contributed by atoms with E-state index in [1.54, 1.807) is 0 Å². The van der Waals surface area contributed by atoms with Gasteiger partial charge in [-0.25, -0.2) is 4.79 Å². The second-order valence-corrected chi connectivity index (χ2v) is 3.87. The lowest BCUT2D eigenvalue weighted by Crippen LogP contribution is -2.22. The van der Waals surface area contributed by atoms with Crippen molar-refractivity contribution in [3.05, 3.63) is 35.9 Å². The number of carboxylic acid groups (broad SMARTS) is 1. The molecule has 3 heteroatoms. The molecular weight excluding hydrogens is 190 g/mol. The van der Waals surface area contributed by atoms with Crippen molar-refractivity contribution in [2.24, 2.45) is 4.99 Å². The molecule has 0 radical (unpaired) electrons. The number of carbonyl (C=O) groups is 1. The lowest BCUT2D eigenvalue weighted by Gasteiger charge is -2.14. The van der Waals surface area contributed by atoms with Crippen molar-refractivity contribution in [3.8, 4) is 0 Å². The lowest BCUT2D eigenvalue weighted by molar-refractivity contribution is -0.138. The van der Waals surface area contributed by atoms with Crippen LogP contribution in [0.3, 0.4) is 0 Å². The molecule has 1 aromatic carbocycles. The zero-order chi connectivity index (χ0) is 10.8. The van der Waals surface area contributed by atoms with Crippen LogP contribution in [0.15, 0.2) is 35.3 Å². The first-order valence-corrected chi connectivity index (χ1v) is 4.99. The molecule has 2 atom stereocenters. The maximum absolute atomic E-state index is 11.0. The summed E-state index contributed by atoms with van der Waals surface area (Å²) in [6, 6.07) is 9.13. The topological polar surface area (TPSA) is 49.7 Å². The molecule has 0 amide bonds.